The number of carbonyl (C=O) groups is 1. The first kappa shape index (κ1) is 23.7. The summed E-state index contributed by atoms with van der Waals surface area (Å²) < 4.78 is 47.3. The van der Waals surface area contributed by atoms with Crippen LogP contribution in [0.4, 0.5) is 18.9 Å². The number of ether oxygens (including phenoxy) is 1. The summed E-state index contributed by atoms with van der Waals surface area (Å²) in [6.45, 7) is 0.198. The SMILES string of the molecule is NC1(c2nnc(-c3ccc4c(c3)N(Cc3ccc(OC(F)(F)F)cc3)C(=O)CCS4)o2)CCCC1. The molecule has 1 saturated carbocycles. The second-order valence-electron chi connectivity index (χ2n) is 8.73. The third-order valence-electron chi connectivity index (χ3n) is 6.22. The number of rotatable bonds is 5. The number of hydrogen-bond acceptors (Lipinski definition) is 7. The Labute approximate surface area is 203 Å². The van der Waals surface area contributed by atoms with E-state index < -0.39 is 11.9 Å². The van der Waals surface area contributed by atoms with Crippen molar-refractivity contribution >= 4 is 23.4 Å². The van der Waals surface area contributed by atoms with E-state index >= 15 is 0 Å². The fraction of sp³-hybridized carbons (Fsp3) is 0.375. The maximum atomic E-state index is 13.0. The molecular formula is C24H23F3N4O3S. The van der Waals surface area contributed by atoms with Gasteiger partial charge in [-0.3, -0.25) is 4.79 Å². The number of carbonyl (C=O) groups excluding carboxylic acids is 1. The third kappa shape index (κ3) is 5.15. The van der Waals surface area contributed by atoms with E-state index in [1.807, 2.05) is 18.2 Å². The van der Waals surface area contributed by atoms with Crippen molar-refractivity contribution in [1.82, 2.24) is 10.2 Å². The van der Waals surface area contributed by atoms with E-state index in [1.165, 1.54) is 24.3 Å². The van der Waals surface area contributed by atoms with Crippen LogP contribution in [0.25, 0.3) is 11.5 Å². The van der Waals surface area contributed by atoms with Gasteiger partial charge in [-0.15, -0.1) is 35.1 Å². The summed E-state index contributed by atoms with van der Waals surface area (Å²) in [4.78, 5) is 15.5. The molecule has 1 fully saturated rings. The summed E-state index contributed by atoms with van der Waals surface area (Å²) in [5.74, 6) is 0.981. The van der Waals surface area contributed by atoms with Gasteiger partial charge in [-0.05, 0) is 48.7 Å². The van der Waals surface area contributed by atoms with Crippen LogP contribution >= 0.6 is 11.8 Å². The van der Waals surface area contributed by atoms with Crippen LogP contribution in [0.1, 0.15) is 43.6 Å². The number of hydrogen-bond donors (Lipinski definition) is 1. The molecule has 1 aliphatic carbocycles. The van der Waals surface area contributed by atoms with Crippen LogP contribution in [0.5, 0.6) is 5.75 Å². The molecule has 3 aromatic rings. The highest BCUT2D eigenvalue weighted by atomic mass is 32.2. The Hall–Kier alpha value is -3.05. The van der Waals surface area contributed by atoms with Crippen LogP contribution < -0.4 is 15.4 Å². The number of anilines is 1. The van der Waals surface area contributed by atoms with Gasteiger partial charge in [-0.1, -0.05) is 25.0 Å². The molecule has 5 rings (SSSR count). The Balaban J connectivity index is 1.43. The standard InChI is InChI=1S/C24H23F3N4O3S/c25-24(26,27)34-17-6-3-15(4-7-17)14-31-18-13-16(5-8-19(18)35-12-9-20(31)32)21-29-30-22(33-21)23(28)10-1-2-11-23/h3-8,13H,1-2,9-12,14,28H2. The minimum Gasteiger partial charge on any atom is -0.419 e. The lowest BCUT2D eigenvalue weighted by Crippen LogP contribution is -2.33. The van der Waals surface area contributed by atoms with Gasteiger partial charge in [0.1, 0.15) is 5.75 Å². The molecule has 1 aromatic heterocycles. The highest BCUT2D eigenvalue weighted by Crippen LogP contribution is 2.40. The first-order valence-electron chi connectivity index (χ1n) is 11.3. The zero-order valence-corrected chi connectivity index (χ0v) is 19.5. The number of fused-ring (bicyclic) bond motifs is 1. The van der Waals surface area contributed by atoms with Gasteiger partial charge in [0.2, 0.25) is 17.7 Å². The van der Waals surface area contributed by atoms with Gasteiger partial charge in [0.15, 0.2) is 0 Å². The number of nitrogens with two attached hydrogens (primary N) is 1. The van der Waals surface area contributed by atoms with Gasteiger partial charge in [0.25, 0.3) is 0 Å². The largest absolute Gasteiger partial charge is 0.573 e. The number of halogens is 3. The molecule has 0 bridgehead atoms. The van der Waals surface area contributed by atoms with Gasteiger partial charge in [-0.25, -0.2) is 0 Å². The molecule has 2 heterocycles. The molecule has 7 nitrogen and oxygen atoms in total. The van der Waals surface area contributed by atoms with E-state index in [4.69, 9.17) is 10.2 Å². The number of nitrogens with zero attached hydrogens (tertiary/aromatic N) is 3. The predicted octanol–water partition coefficient (Wildman–Crippen LogP) is 5.39. The number of alkyl halides is 3. The molecule has 1 aliphatic heterocycles. The Morgan fingerprint density at radius 2 is 1.86 bits per heavy atom. The molecule has 2 N–H and O–H groups in total. The first-order chi connectivity index (χ1) is 16.7. The Morgan fingerprint density at radius 1 is 1.11 bits per heavy atom. The molecule has 2 aromatic carbocycles. The molecular weight excluding hydrogens is 481 g/mol. The highest BCUT2D eigenvalue weighted by Gasteiger charge is 2.37. The molecule has 0 radical (unpaired) electrons. The molecule has 184 valence electrons. The van der Waals surface area contributed by atoms with E-state index in [2.05, 4.69) is 14.9 Å². The zero-order chi connectivity index (χ0) is 24.6. The fourth-order valence-electron chi connectivity index (χ4n) is 4.41. The summed E-state index contributed by atoms with van der Waals surface area (Å²) in [5.41, 5.74) is 7.87. The van der Waals surface area contributed by atoms with Crippen LogP contribution in [0, 0.1) is 0 Å². The maximum absolute atomic E-state index is 13.0. The minimum atomic E-state index is -4.76. The number of amides is 1. The summed E-state index contributed by atoms with van der Waals surface area (Å²) >= 11 is 1.57. The number of benzene rings is 2. The second-order valence-corrected chi connectivity index (χ2v) is 9.86. The van der Waals surface area contributed by atoms with Crippen molar-refractivity contribution in [3.8, 4) is 17.2 Å². The summed E-state index contributed by atoms with van der Waals surface area (Å²) in [7, 11) is 0. The van der Waals surface area contributed by atoms with Crippen molar-refractivity contribution in [2.24, 2.45) is 5.73 Å². The Bertz CT molecular complexity index is 1220. The van der Waals surface area contributed by atoms with Crippen molar-refractivity contribution in [1.29, 1.82) is 0 Å². The van der Waals surface area contributed by atoms with Crippen LogP contribution in [-0.2, 0) is 16.9 Å². The van der Waals surface area contributed by atoms with Crippen molar-refractivity contribution in [3.63, 3.8) is 0 Å². The average Bonchev–Trinajstić information content (AvgIpc) is 3.45. The van der Waals surface area contributed by atoms with Crippen LogP contribution in [-0.4, -0.2) is 28.2 Å². The molecule has 1 amide bonds. The predicted molar refractivity (Wildman–Crippen MR) is 124 cm³/mol. The maximum Gasteiger partial charge on any atom is 0.573 e. The lowest BCUT2D eigenvalue weighted by molar-refractivity contribution is -0.274. The zero-order valence-electron chi connectivity index (χ0n) is 18.7. The van der Waals surface area contributed by atoms with E-state index in [9.17, 15) is 18.0 Å². The monoisotopic (exact) mass is 504 g/mol. The fourth-order valence-corrected chi connectivity index (χ4v) is 5.39. The molecule has 0 spiro atoms. The molecule has 0 saturated heterocycles. The molecule has 11 heteroatoms. The summed E-state index contributed by atoms with van der Waals surface area (Å²) in [6, 6.07) is 11.1. The van der Waals surface area contributed by atoms with Crippen molar-refractivity contribution in [2.45, 2.75) is 55.4 Å². The summed E-state index contributed by atoms with van der Waals surface area (Å²) in [6.07, 6.45) is -0.792. The minimum absolute atomic E-state index is 0.0814. The third-order valence-corrected chi connectivity index (χ3v) is 7.28. The van der Waals surface area contributed by atoms with E-state index in [0.29, 0.717) is 40.8 Å². The molecule has 35 heavy (non-hydrogen) atoms. The van der Waals surface area contributed by atoms with Gasteiger partial charge < -0.3 is 19.8 Å². The van der Waals surface area contributed by atoms with Crippen molar-refractivity contribution in [2.75, 3.05) is 10.7 Å². The topological polar surface area (TPSA) is 94.5 Å². The Morgan fingerprint density at radius 3 is 2.57 bits per heavy atom. The van der Waals surface area contributed by atoms with Gasteiger partial charge in [-0.2, -0.15) is 0 Å². The Kier molecular flexibility index (Phi) is 6.22. The lowest BCUT2D eigenvalue weighted by Gasteiger charge is -2.23. The summed E-state index contributed by atoms with van der Waals surface area (Å²) in [5, 5.41) is 8.40. The van der Waals surface area contributed by atoms with E-state index in [0.717, 1.165) is 30.6 Å². The van der Waals surface area contributed by atoms with Crippen molar-refractivity contribution < 1.29 is 27.1 Å². The van der Waals surface area contributed by atoms with Crippen LogP contribution in [0.2, 0.25) is 0 Å². The number of aromatic nitrogens is 2. The smallest absolute Gasteiger partial charge is 0.419 e. The van der Waals surface area contributed by atoms with Crippen molar-refractivity contribution in [3.05, 3.63) is 53.9 Å². The van der Waals surface area contributed by atoms with Gasteiger partial charge >= 0.3 is 6.36 Å². The van der Waals surface area contributed by atoms with E-state index in [-0.39, 0.29) is 18.2 Å². The van der Waals surface area contributed by atoms with Gasteiger partial charge in [0, 0.05) is 22.6 Å². The van der Waals surface area contributed by atoms with Crippen LogP contribution in [0.15, 0.2) is 51.8 Å². The quantitative estimate of drug-likeness (QED) is 0.498. The second kappa shape index (κ2) is 9.19. The first-order valence-corrected chi connectivity index (χ1v) is 12.2. The normalized spacial score (nSPS) is 17.8. The van der Waals surface area contributed by atoms with Crippen LogP contribution in [0.3, 0.4) is 0 Å². The van der Waals surface area contributed by atoms with E-state index in [1.54, 1.807) is 16.7 Å². The highest BCUT2D eigenvalue weighted by molar-refractivity contribution is 7.99. The van der Waals surface area contributed by atoms with Gasteiger partial charge in [0.05, 0.1) is 17.8 Å². The number of thioether (sulfide) groups is 1. The molecule has 0 atom stereocenters. The average molecular weight is 505 g/mol. The lowest BCUT2D eigenvalue weighted by atomic mass is 10.00. The molecule has 0 unspecified atom stereocenters. The molecule has 2 aliphatic rings.